The predicted molar refractivity (Wildman–Crippen MR) is 57.2 cm³/mol. The van der Waals surface area contributed by atoms with Crippen molar-refractivity contribution in [1.82, 2.24) is 0 Å². The fraction of sp³-hybridized carbons (Fsp3) is 0.0909. The molecular formula is C11H9NO3. The highest BCUT2D eigenvalue weighted by Crippen LogP contribution is 2.24. The largest absolute Gasteiger partial charge is 0.497 e. The zero-order valence-electron chi connectivity index (χ0n) is 8.14. The number of benzene rings is 2. The molecule has 4 heteroatoms. The van der Waals surface area contributed by atoms with Crippen molar-refractivity contribution in [1.29, 1.82) is 0 Å². The Bertz CT molecular complexity index is 522. The van der Waals surface area contributed by atoms with Crippen LogP contribution in [0, 0.1) is 10.1 Å². The quantitative estimate of drug-likeness (QED) is 0.557. The summed E-state index contributed by atoms with van der Waals surface area (Å²) in [6.45, 7) is 0. The van der Waals surface area contributed by atoms with Gasteiger partial charge in [0.2, 0.25) is 0 Å². The molecule has 0 bridgehead atoms. The SMILES string of the molecule is COc1ccc2ccc([N+](=O)[O-])cc2c1. The fourth-order valence-electron chi connectivity index (χ4n) is 1.45. The minimum absolute atomic E-state index is 0.0933. The van der Waals surface area contributed by atoms with Gasteiger partial charge in [-0.3, -0.25) is 10.1 Å². The summed E-state index contributed by atoms with van der Waals surface area (Å²) in [5, 5.41) is 12.3. The van der Waals surface area contributed by atoms with Gasteiger partial charge in [-0.15, -0.1) is 0 Å². The fourth-order valence-corrected chi connectivity index (χ4v) is 1.45. The number of hydrogen-bond donors (Lipinski definition) is 0. The Morgan fingerprint density at radius 2 is 1.87 bits per heavy atom. The standard InChI is InChI=1S/C11H9NO3/c1-15-11-5-3-8-2-4-10(12(13)14)6-9(8)7-11/h2-7H,1H3. The molecule has 0 aliphatic rings. The van der Waals surface area contributed by atoms with Gasteiger partial charge in [0, 0.05) is 12.1 Å². The van der Waals surface area contributed by atoms with Crippen molar-refractivity contribution < 1.29 is 9.66 Å². The van der Waals surface area contributed by atoms with E-state index >= 15 is 0 Å². The van der Waals surface area contributed by atoms with Gasteiger partial charge in [0.25, 0.3) is 5.69 Å². The van der Waals surface area contributed by atoms with Crippen molar-refractivity contribution in [2.24, 2.45) is 0 Å². The summed E-state index contributed by atoms with van der Waals surface area (Å²) in [6, 6.07) is 10.2. The third kappa shape index (κ3) is 1.74. The number of methoxy groups -OCH3 is 1. The molecule has 15 heavy (non-hydrogen) atoms. The van der Waals surface area contributed by atoms with Gasteiger partial charge in [-0.25, -0.2) is 0 Å². The molecule has 0 unspecified atom stereocenters. The van der Waals surface area contributed by atoms with E-state index in [0.29, 0.717) is 5.75 Å². The van der Waals surface area contributed by atoms with E-state index in [1.165, 1.54) is 12.1 Å². The average Bonchev–Trinajstić information content (AvgIpc) is 2.27. The first-order valence-electron chi connectivity index (χ1n) is 4.43. The molecular weight excluding hydrogens is 194 g/mol. The zero-order chi connectivity index (χ0) is 10.8. The molecule has 4 nitrogen and oxygen atoms in total. The molecule has 0 N–H and O–H groups in total. The van der Waals surface area contributed by atoms with Gasteiger partial charge in [0.1, 0.15) is 5.75 Å². The lowest BCUT2D eigenvalue weighted by Crippen LogP contribution is -1.88. The van der Waals surface area contributed by atoms with Crippen LogP contribution in [-0.2, 0) is 0 Å². The minimum atomic E-state index is -0.404. The Morgan fingerprint density at radius 1 is 1.13 bits per heavy atom. The monoisotopic (exact) mass is 203 g/mol. The van der Waals surface area contributed by atoms with Crippen LogP contribution in [0.25, 0.3) is 10.8 Å². The Balaban J connectivity index is 2.62. The molecule has 0 aromatic heterocycles. The molecule has 0 heterocycles. The van der Waals surface area contributed by atoms with Crippen molar-refractivity contribution >= 4 is 16.5 Å². The summed E-state index contributed by atoms with van der Waals surface area (Å²) in [5.74, 6) is 0.697. The van der Waals surface area contributed by atoms with Crippen LogP contribution in [0.4, 0.5) is 5.69 Å². The number of nitro groups is 1. The second-order valence-corrected chi connectivity index (χ2v) is 3.15. The Morgan fingerprint density at radius 3 is 2.53 bits per heavy atom. The highest BCUT2D eigenvalue weighted by atomic mass is 16.6. The smallest absolute Gasteiger partial charge is 0.270 e. The highest BCUT2D eigenvalue weighted by Gasteiger charge is 2.06. The molecule has 0 spiro atoms. The predicted octanol–water partition coefficient (Wildman–Crippen LogP) is 2.76. The number of ether oxygens (including phenoxy) is 1. The summed E-state index contributed by atoms with van der Waals surface area (Å²) in [6.07, 6.45) is 0. The molecule has 0 aliphatic carbocycles. The third-order valence-corrected chi connectivity index (χ3v) is 2.24. The maximum atomic E-state index is 10.6. The van der Waals surface area contributed by atoms with Crippen LogP contribution in [0.15, 0.2) is 36.4 Å². The summed E-state index contributed by atoms with van der Waals surface area (Å²) in [5.41, 5.74) is 0.0933. The first-order valence-corrected chi connectivity index (χ1v) is 4.43. The van der Waals surface area contributed by atoms with Crippen LogP contribution in [0.1, 0.15) is 0 Å². The molecule has 0 radical (unpaired) electrons. The van der Waals surface area contributed by atoms with Crippen molar-refractivity contribution in [3.05, 3.63) is 46.5 Å². The number of hydrogen-bond acceptors (Lipinski definition) is 3. The van der Waals surface area contributed by atoms with E-state index in [2.05, 4.69) is 0 Å². The summed E-state index contributed by atoms with van der Waals surface area (Å²) in [7, 11) is 1.57. The van der Waals surface area contributed by atoms with E-state index in [9.17, 15) is 10.1 Å². The van der Waals surface area contributed by atoms with Gasteiger partial charge in [0.15, 0.2) is 0 Å². The molecule has 0 atom stereocenters. The maximum Gasteiger partial charge on any atom is 0.270 e. The van der Waals surface area contributed by atoms with Gasteiger partial charge in [-0.2, -0.15) is 0 Å². The van der Waals surface area contributed by atoms with E-state index < -0.39 is 4.92 Å². The van der Waals surface area contributed by atoms with Crippen LogP contribution in [0.5, 0.6) is 5.75 Å². The Labute approximate surface area is 86.2 Å². The summed E-state index contributed by atoms with van der Waals surface area (Å²) < 4.78 is 5.05. The highest BCUT2D eigenvalue weighted by molar-refractivity contribution is 5.85. The number of nitrogens with zero attached hydrogens (tertiary/aromatic N) is 1. The molecule has 0 saturated carbocycles. The lowest BCUT2D eigenvalue weighted by atomic mass is 10.1. The molecule has 76 valence electrons. The first kappa shape index (κ1) is 9.45. The normalized spacial score (nSPS) is 10.2. The number of non-ortho nitro benzene ring substituents is 1. The van der Waals surface area contributed by atoms with Crippen LogP contribution in [-0.4, -0.2) is 12.0 Å². The second-order valence-electron chi connectivity index (χ2n) is 3.15. The summed E-state index contributed by atoms with van der Waals surface area (Å²) >= 11 is 0. The molecule has 0 fully saturated rings. The zero-order valence-corrected chi connectivity index (χ0v) is 8.14. The van der Waals surface area contributed by atoms with Crippen LogP contribution in [0.3, 0.4) is 0 Å². The molecule has 0 saturated heterocycles. The lowest BCUT2D eigenvalue weighted by Gasteiger charge is -2.01. The van der Waals surface area contributed by atoms with Crippen molar-refractivity contribution in [3.8, 4) is 5.75 Å². The first-order chi connectivity index (χ1) is 7.20. The van der Waals surface area contributed by atoms with Crippen molar-refractivity contribution in [2.75, 3.05) is 7.11 Å². The molecule has 0 aliphatic heterocycles. The number of nitro benzene ring substituents is 1. The number of fused-ring (bicyclic) bond motifs is 1. The third-order valence-electron chi connectivity index (χ3n) is 2.24. The van der Waals surface area contributed by atoms with E-state index in [4.69, 9.17) is 4.74 Å². The average molecular weight is 203 g/mol. The topological polar surface area (TPSA) is 52.4 Å². The lowest BCUT2D eigenvalue weighted by molar-refractivity contribution is -0.384. The van der Waals surface area contributed by atoms with E-state index in [1.807, 2.05) is 12.1 Å². The summed E-state index contributed by atoms with van der Waals surface area (Å²) in [4.78, 5) is 10.2. The minimum Gasteiger partial charge on any atom is -0.497 e. The Kier molecular flexibility index (Phi) is 2.25. The van der Waals surface area contributed by atoms with Gasteiger partial charge in [0.05, 0.1) is 12.0 Å². The van der Waals surface area contributed by atoms with Crippen molar-refractivity contribution in [3.63, 3.8) is 0 Å². The van der Waals surface area contributed by atoms with Crippen LogP contribution >= 0.6 is 0 Å². The van der Waals surface area contributed by atoms with E-state index in [0.717, 1.165) is 10.8 Å². The van der Waals surface area contributed by atoms with Gasteiger partial charge >= 0.3 is 0 Å². The number of rotatable bonds is 2. The Hall–Kier alpha value is -2.10. The van der Waals surface area contributed by atoms with E-state index in [-0.39, 0.29) is 5.69 Å². The van der Waals surface area contributed by atoms with Gasteiger partial charge in [-0.1, -0.05) is 6.07 Å². The van der Waals surface area contributed by atoms with Crippen LogP contribution < -0.4 is 4.74 Å². The molecule has 2 aromatic rings. The molecule has 2 aromatic carbocycles. The van der Waals surface area contributed by atoms with Crippen LogP contribution in [0.2, 0.25) is 0 Å². The van der Waals surface area contributed by atoms with Crippen molar-refractivity contribution in [2.45, 2.75) is 0 Å². The second kappa shape index (κ2) is 3.57. The van der Waals surface area contributed by atoms with Gasteiger partial charge < -0.3 is 4.74 Å². The molecule has 0 amide bonds. The maximum absolute atomic E-state index is 10.6. The van der Waals surface area contributed by atoms with E-state index in [1.54, 1.807) is 19.2 Å². The van der Waals surface area contributed by atoms with Gasteiger partial charge in [-0.05, 0) is 29.0 Å². The molecule has 2 rings (SSSR count).